The molecule has 0 aliphatic rings. The number of aromatic amines is 1. The summed E-state index contributed by atoms with van der Waals surface area (Å²) in [5.41, 5.74) is 2.40. The van der Waals surface area contributed by atoms with Crippen LogP contribution in [0.5, 0.6) is 0 Å². The van der Waals surface area contributed by atoms with E-state index in [4.69, 9.17) is 4.74 Å². The van der Waals surface area contributed by atoms with E-state index in [-0.39, 0.29) is 11.7 Å². The minimum atomic E-state index is -0.334. The molecule has 1 heterocycles. The van der Waals surface area contributed by atoms with Crippen LogP contribution in [0.4, 0.5) is 0 Å². The smallest absolute Gasteiger partial charge is 0.254 e. The molecule has 0 bridgehead atoms. The molecule has 0 fully saturated rings. The molecule has 1 unspecified atom stereocenters. The zero-order valence-electron chi connectivity index (χ0n) is 12.1. The first-order chi connectivity index (χ1) is 9.67. The number of benzene rings is 1. The zero-order valence-corrected chi connectivity index (χ0v) is 12.1. The summed E-state index contributed by atoms with van der Waals surface area (Å²) in [5, 5.41) is 0. The van der Waals surface area contributed by atoms with Gasteiger partial charge < -0.3 is 9.72 Å². The van der Waals surface area contributed by atoms with Crippen LogP contribution in [0.1, 0.15) is 42.6 Å². The Morgan fingerprint density at radius 1 is 1.25 bits per heavy atom. The summed E-state index contributed by atoms with van der Waals surface area (Å²) in [4.78, 5) is 19.4. The number of nitrogens with zero attached hydrogens (tertiary/aromatic N) is 1. The van der Waals surface area contributed by atoms with Crippen molar-refractivity contribution in [1.29, 1.82) is 0 Å². The SMILES string of the molecule is CCOC(c1ccccc1)c1nc(CC)c(C)c(=O)[nH]1. The highest BCUT2D eigenvalue weighted by Gasteiger charge is 2.18. The van der Waals surface area contributed by atoms with Crippen molar-refractivity contribution in [3.05, 3.63) is 63.3 Å². The molecule has 4 nitrogen and oxygen atoms in total. The molecule has 0 radical (unpaired) electrons. The minimum Gasteiger partial charge on any atom is -0.366 e. The highest BCUT2D eigenvalue weighted by atomic mass is 16.5. The average Bonchev–Trinajstić information content (AvgIpc) is 2.48. The highest BCUT2D eigenvalue weighted by Crippen LogP contribution is 2.22. The van der Waals surface area contributed by atoms with E-state index < -0.39 is 0 Å². The van der Waals surface area contributed by atoms with Gasteiger partial charge in [0.1, 0.15) is 11.9 Å². The predicted molar refractivity (Wildman–Crippen MR) is 78.9 cm³/mol. The van der Waals surface area contributed by atoms with Crippen LogP contribution in [0.3, 0.4) is 0 Å². The van der Waals surface area contributed by atoms with Gasteiger partial charge in [0, 0.05) is 12.2 Å². The Balaban J connectivity index is 2.50. The van der Waals surface area contributed by atoms with Crippen molar-refractivity contribution in [2.24, 2.45) is 0 Å². The van der Waals surface area contributed by atoms with Crippen molar-refractivity contribution < 1.29 is 4.74 Å². The Morgan fingerprint density at radius 2 is 1.95 bits per heavy atom. The number of rotatable bonds is 5. The van der Waals surface area contributed by atoms with E-state index in [1.807, 2.05) is 44.2 Å². The number of hydrogen-bond acceptors (Lipinski definition) is 3. The zero-order chi connectivity index (χ0) is 14.5. The monoisotopic (exact) mass is 272 g/mol. The van der Waals surface area contributed by atoms with Crippen molar-refractivity contribution in [3.63, 3.8) is 0 Å². The Hall–Kier alpha value is -1.94. The Bertz CT molecular complexity index is 620. The fourth-order valence-corrected chi connectivity index (χ4v) is 2.19. The lowest BCUT2D eigenvalue weighted by Crippen LogP contribution is -2.21. The molecular formula is C16H20N2O2. The van der Waals surface area contributed by atoms with E-state index in [0.29, 0.717) is 18.0 Å². The molecule has 1 aromatic carbocycles. The molecule has 2 rings (SSSR count). The molecule has 0 aliphatic heterocycles. The van der Waals surface area contributed by atoms with Gasteiger partial charge in [-0.3, -0.25) is 4.79 Å². The van der Waals surface area contributed by atoms with Crippen molar-refractivity contribution in [2.45, 2.75) is 33.3 Å². The summed E-state index contributed by atoms with van der Waals surface area (Å²) >= 11 is 0. The molecule has 1 aromatic heterocycles. The van der Waals surface area contributed by atoms with E-state index in [9.17, 15) is 4.79 Å². The highest BCUT2D eigenvalue weighted by molar-refractivity contribution is 5.25. The largest absolute Gasteiger partial charge is 0.366 e. The normalized spacial score (nSPS) is 12.3. The molecule has 2 aromatic rings. The van der Waals surface area contributed by atoms with Gasteiger partial charge in [0.15, 0.2) is 0 Å². The Labute approximate surface area is 118 Å². The lowest BCUT2D eigenvalue weighted by atomic mass is 10.1. The van der Waals surface area contributed by atoms with Gasteiger partial charge in [0.2, 0.25) is 0 Å². The maximum atomic E-state index is 12.0. The van der Waals surface area contributed by atoms with Gasteiger partial charge in [-0.2, -0.15) is 0 Å². The van der Waals surface area contributed by atoms with Crippen LogP contribution < -0.4 is 5.56 Å². The summed E-state index contributed by atoms with van der Waals surface area (Å²) in [5.74, 6) is 0.575. The molecule has 4 heteroatoms. The number of aromatic nitrogens is 2. The molecule has 1 atom stereocenters. The van der Waals surface area contributed by atoms with E-state index in [1.54, 1.807) is 6.92 Å². The van der Waals surface area contributed by atoms with Gasteiger partial charge in [0.25, 0.3) is 5.56 Å². The van der Waals surface area contributed by atoms with Crippen LogP contribution in [-0.4, -0.2) is 16.6 Å². The first-order valence-corrected chi connectivity index (χ1v) is 6.93. The molecule has 0 spiro atoms. The van der Waals surface area contributed by atoms with Gasteiger partial charge >= 0.3 is 0 Å². The summed E-state index contributed by atoms with van der Waals surface area (Å²) in [7, 11) is 0. The number of H-pyrrole nitrogens is 1. The third kappa shape index (κ3) is 2.96. The number of ether oxygens (including phenoxy) is 1. The molecular weight excluding hydrogens is 252 g/mol. The molecule has 20 heavy (non-hydrogen) atoms. The second kappa shape index (κ2) is 6.48. The second-order valence-corrected chi connectivity index (χ2v) is 4.62. The van der Waals surface area contributed by atoms with Gasteiger partial charge in [-0.15, -0.1) is 0 Å². The standard InChI is InChI=1S/C16H20N2O2/c1-4-13-11(3)16(19)18-15(17-13)14(20-5-2)12-9-7-6-8-10-12/h6-10,14H,4-5H2,1-3H3,(H,17,18,19). The number of aryl methyl sites for hydroxylation is 1. The fraction of sp³-hybridized carbons (Fsp3) is 0.375. The summed E-state index contributed by atoms with van der Waals surface area (Å²) in [6.07, 6.45) is 0.399. The summed E-state index contributed by atoms with van der Waals surface area (Å²) in [6.45, 7) is 6.28. The van der Waals surface area contributed by atoms with Crippen molar-refractivity contribution in [1.82, 2.24) is 9.97 Å². The van der Waals surface area contributed by atoms with E-state index >= 15 is 0 Å². The van der Waals surface area contributed by atoms with Crippen LogP contribution in [0, 0.1) is 6.92 Å². The van der Waals surface area contributed by atoms with E-state index in [0.717, 1.165) is 17.7 Å². The first-order valence-electron chi connectivity index (χ1n) is 6.93. The molecule has 0 saturated carbocycles. The Kier molecular flexibility index (Phi) is 4.69. The number of nitrogens with one attached hydrogen (secondary N) is 1. The second-order valence-electron chi connectivity index (χ2n) is 4.62. The maximum Gasteiger partial charge on any atom is 0.254 e. The molecule has 0 aliphatic carbocycles. The third-order valence-electron chi connectivity index (χ3n) is 3.29. The summed E-state index contributed by atoms with van der Waals surface area (Å²) < 4.78 is 5.78. The van der Waals surface area contributed by atoms with Crippen LogP contribution in [0.2, 0.25) is 0 Å². The van der Waals surface area contributed by atoms with Crippen molar-refractivity contribution >= 4 is 0 Å². The first kappa shape index (κ1) is 14.5. The lowest BCUT2D eigenvalue weighted by Gasteiger charge is -2.17. The van der Waals surface area contributed by atoms with Gasteiger partial charge in [-0.05, 0) is 25.8 Å². The van der Waals surface area contributed by atoms with Gasteiger partial charge in [0.05, 0.1) is 5.69 Å². The van der Waals surface area contributed by atoms with Gasteiger partial charge in [-0.25, -0.2) is 4.98 Å². The minimum absolute atomic E-state index is 0.0903. The quantitative estimate of drug-likeness (QED) is 0.910. The maximum absolute atomic E-state index is 12.0. The lowest BCUT2D eigenvalue weighted by molar-refractivity contribution is 0.0847. The topological polar surface area (TPSA) is 55.0 Å². The number of hydrogen-bond donors (Lipinski definition) is 1. The van der Waals surface area contributed by atoms with Crippen LogP contribution in [0.15, 0.2) is 35.1 Å². The molecule has 106 valence electrons. The van der Waals surface area contributed by atoms with E-state index in [1.165, 1.54) is 0 Å². The van der Waals surface area contributed by atoms with Gasteiger partial charge in [-0.1, -0.05) is 37.3 Å². The van der Waals surface area contributed by atoms with Crippen LogP contribution in [0.25, 0.3) is 0 Å². The van der Waals surface area contributed by atoms with Crippen molar-refractivity contribution in [3.8, 4) is 0 Å². The average molecular weight is 272 g/mol. The fourth-order valence-electron chi connectivity index (χ4n) is 2.19. The van der Waals surface area contributed by atoms with E-state index in [2.05, 4.69) is 9.97 Å². The Morgan fingerprint density at radius 3 is 2.55 bits per heavy atom. The predicted octanol–water partition coefficient (Wildman–Crippen LogP) is 2.77. The van der Waals surface area contributed by atoms with Crippen LogP contribution in [-0.2, 0) is 11.2 Å². The molecule has 1 N–H and O–H groups in total. The molecule has 0 saturated heterocycles. The molecule has 0 amide bonds. The third-order valence-corrected chi connectivity index (χ3v) is 3.29. The summed E-state index contributed by atoms with van der Waals surface area (Å²) in [6, 6.07) is 9.82. The van der Waals surface area contributed by atoms with Crippen molar-refractivity contribution in [2.75, 3.05) is 6.61 Å². The van der Waals surface area contributed by atoms with Crippen LogP contribution >= 0.6 is 0 Å².